The number of benzene rings is 1. The van der Waals surface area contributed by atoms with Crippen LogP contribution in [-0.2, 0) is 16.1 Å². The normalized spacial score (nSPS) is 14.9. The SMILES string of the molecule is COc1ccc(CN2C(=O)CCC2=O)cc1C(N)=S. The highest BCUT2D eigenvalue weighted by atomic mass is 32.1. The van der Waals surface area contributed by atoms with Crippen molar-refractivity contribution in [2.45, 2.75) is 19.4 Å². The Hall–Kier alpha value is -1.95. The van der Waals surface area contributed by atoms with Gasteiger partial charge in [0.25, 0.3) is 0 Å². The van der Waals surface area contributed by atoms with Crippen LogP contribution in [0.25, 0.3) is 0 Å². The number of amides is 2. The summed E-state index contributed by atoms with van der Waals surface area (Å²) < 4.78 is 5.16. The molecule has 5 nitrogen and oxygen atoms in total. The highest BCUT2D eigenvalue weighted by Crippen LogP contribution is 2.22. The Labute approximate surface area is 116 Å². The van der Waals surface area contributed by atoms with Gasteiger partial charge in [-0.2, -0.15) is 0 Å². The number of imide groups is 1. The molecule has 0 aromatic heterocycles. The molecule has 0 bridgehead atoms. The minimum absolute atomic E-state index is 0.141. The van der Waals surface area contributed by atoms with Gasteiger partial charge in [-0.3, -0.25) is 14.5 Å². The van der Waals surface area contributed by atoms with E-state index in [1.165, 1.54) is 12.0 Å². The van der Waals surface area contributed by atoms with Gasteiger partial charge in [-0.25, -0.2) is 0 Å². The first kappa shape index (κ1) is 13.5. The van der Waals surface area contributed by atoms with Crippen molar-refractivity contribution in [3.63, 3.8) is 0 Å². The molecule has 1 fully saturated rings. The van der Waals surface area contributed by atoms with E-state index < -0.39 is 0 Å². The molecule has 1 saturated heterocycles. The summed E-state index contributed by atoms with van der Waals surface area (Å²) in [6.45, 7) is 0.247. The second kappa shape index (κ2) is 5.36. The van der Waals surface area contributed by atoms with Gasteiger partial charge >= 0.3 is 0 Å². The average molecular weight is 278 g/mol. The van der Waals surface area contributed by atoms with E-state index in [2.05, 4.69) is 0 Å². The van der Waals surface area contributed by atoms with Gasteiger partial charge in [0.1, 0.15) is 10.7 Å². The predicted octanol–water partition coefficient (Wildman–Crippen LogP) is 0.978. The molecular weight excluding hydrogens is 264 g/mol. The summed E-state index contributed by atoms with van der Waals surface area (Å²) in [7, 11) is 1.53. The molecule has 0 radical (unpaired) electrons. The van der Waals surface area contributed by atoms with Crippen LogP contribution in [0.15, 0.2) is 18.2 Å². The molecule has 0 spiro atoms. The lowest BCUT2D eigenvalue weighted by atomic mass is 10.1. The van der Waals surface area contributed by atoms with Crippen LogP contribution in [0.5, 0.6) is 5.75 Å². The van der Waals surface area contributed by atoms with Crippen molar-refractivity contribution >= 4 is 29.0 Å². The van der Waals surface area contributed by atoms with Crippen LogP contribution >= 0.6 is 12.2 Å². The molecule has 1 aliphatic rings. The monoisotopic (exact) mass is 278 g/mol. The topological polar surface area (TPSA) is 72.6 Å². The van der Waals surface area contributed by atoms with Gasteiger partial charge < -0.3 is 10.5 Å². The van der Waals surface area contributed by atoms with E-state index in [1.54, 1.807) is 18.2 Å². The fourth-order valence-corrected chi connectivity index (χ4v) is 2.19. The van der Waals surface area contributed by atoms with E-state index in [-0.39, 0.29) is 36.2 Å². The summed E-state index contributed by atoms with van der Waals surface area (Å²) in [5.41, 5.74) is 7.03. The number of carbonyl (C=O) groups excluding carboxylic acids is 2. The number of nitrogens with two attached hydrogens (primary N) is 1. The highest BCUT2D eigenvalue weighted by Gasteiger charge is 2.28. The molecule has 2 rings (SSSR count). The number of hydrogen-bond donors (Lipinski definition) is 1. The molecule has 1 aromatic carbocycles. The number of methoxy groups -OCH3 is 1. The lowest BCUT2D eigenvalue weighted by Gasteiger charge is -2.15. The Morgan fingerprint density at radius 1 is 1.37 bits per heavy atom. The van der Waals surface area contributed by atoms with Crippen molar-refractivity contribution in [1.82, 2.24) is 4.90 Å². The number of nitrogens with zero attached hydrogens (tertiary/aromatic N) is 1. The smallest absolute Gasteiger partial charge is 0.229 e. The number of likely N-dealkylation sites (tertiary alicyclic amines) is 1. The lowest BCUT2D eigenvalue weighted by molar-refractivity contribution is -0.139. The van der Waals surface area contributed by atoms with Crippen LogP contribution < -0.4 is 10.5 Å². The lowest BCUT2D eigenvalue weighted by Crippen LogP contribution is -2.28. The second-order valence-corrected chi connectivity index (χ2v) is 4.71. The average Bonchev–Trinajstić information content (AvgIpc) is 2.70. The Kier molecular flexibility index (Phi) is 3.80. The summed E-state index contributed by atoms with van der Waals surface area (Å²) in [5.74, 6) is 0.297. The van der Waals surface area contributed by atoms with Gasteiger partial charge in [-0.05, 0) is 17.7 Å². The fourth-order valence-electron chi connectivity index (χ4n) is 2.03. The van der Waals surface area contributed by atoms with E-state index >= 15 is 0 Å². The van der Waals surface area contributed by atoms with Gasteiger partial charge in [0.15, 0.2) is 0 Å². The molecule has 0 saturated carbocycles. The van der Waals surface area contributed by atoms with Crippen molar-refractivity contribution in [2.24, 2.45) is 5.73 Å². The van der Waals surface area contributed by atoms with Crippen LogP contribution in [0.3, 0.4) is 0 Å². The highest BCUT2D eigenvalue weighted by molar-refractivity contribution is 7.80. The Bertz CT molecular complexity index is 541. The van der Waals surface area contributed by atoms with E-state index in [4.69, 9.17) is 22.7 Å². The Morgan fingerprint density at radius 2 is 2.00 bits per heavy atom. The van der Waals surface area contributed by atoms with Gasteiger partial charge in [-0.15, -0.1) is 0 Å². The van der Waals surface area contributed by atoms with Crippen LogP contribution in [0, 0.1) is 0 Å². The molecule has 1 aliphatic heterocycles. The summed E-state index contributed by atoms with van der Waals surface area (Å²) in [5, 5.41) is 0. The zero-order chi connectivity index (χ0) is 14.0. The predicted molar refractivity (Wildman–Crippen MR) is 73.7 cm³/mol. The first-order valence-corrected chi connectivity index (χ1v) is 6.23. The molecule has 19 heavy (non-hydrogen) atoms. The molecular formula is C13H14N2O3S. The molecule has 2 amide bonds. The van der Waals surface area contributed by atoms with Gasteiger partial charge in [0, 0.05) is 12.8 Å². The number of ether oxygens (including phenoxy) is 1. The van der Waals surface area contributed by atoms with E-state index in [0.717, 1.165) is 5.56 Å². The van der Waals surface area contributed by atoms with Crippen molar-refractivity contribution < 1.29 is 14.3 Å². The van der Waals surface area contributed by atoms with Crippen molar-refractivity contribution in [2.75, 3.05) is 7.11 Å². The second-order valence-electron chi connectivity index (χ2n) is 4.27. The minimum Gasteiger partial charge on any atom is -0.496 e. The number of carbonyl (C=O) groups is 2. The zero-order valence-electron chi connectivity index (χ0n) is 10.5. The maximum Gasteiger partial charge on any atom is 0.229 e. The van der Waals surface area contributed by atoms with Gasteiger partial charge in [0.05, 0.1) is 19.2 Å². The third kappa shape index (κ3) is 2.73. The fraction of sp³-hybridized carbons (Fsp3) is 0.308. The van der Waals surface area contributed by atoms with Gasteiger partial charge in [-0.1, -0.05) is 18.3 Å². The molecule has 100 valence electrons. The van der Waals surface area contributed by atoms with Crippen LogP contribution in [0.1, 0.15) is 24.0 Å². The van der Waals surface area contributed by atoms with Crippen molar-refractivity contribution in [3.8, 4) is 5.75 Å². The number of rotatable bonds is 4. The first-order valence-electron chi connectivity index (χ1n) is 5.83. The molecule has 0 aliphatic carbocycles. The molecule has 2 N–H and O–H groups in total. The number of thiocarbonyl (C=S) groups is 1. The largest absolute Gasteiger partial charge is 0.496 e. The molecule has 6 heteroatoms. The summed E-state index contributed by atoms with van der Waals surface area (Å²) in [6, 6.07) is 5.27. The molecule has 1 heterocycles. The number of hydrogen-bond acceptors (Lipinski definition) is 4. The summed E-state index contributed by atoms with van der Waals surface area (Å²) >= 11 is 4.95. The summed E-state index contributed by atoms with van der Waals surface area (Å²) in [4.78, 5) is 24.6. The van der Waals surface area contributed by atoms with E-state index in [0.29, 0.717) is 11.3 Å². The maximum atomic E-state index is 11.6. The van der Waals surface area contributed by atoms with Crippen LogP contribution in [0.2, 0.25) is 0 Å². The molecule has 1 aromatic rings. The van der Waals surface area contributed by atoms with Crippen LogP contribution in [0.4, 0.5) is 0 Å². The molecule has 0 unspecified atom stereocenters. The van der Waals surface area contributed by atoms with Crippen molar-refractivity contribution in [1.29, 1.82) is 0 Å². The standard InChI is InChI=1S/C13H14N2O3S/c1-18-10-3-2-8(6-9(10)13(14)19)7-15-11(16)4-5-12(15)17/h2-3,6H,4-5,7H2,1H3,(H2,14,19). The molecule has 0 atom stereocenters. The van der Waals surface area contributed by atoms with Crippen molar-refractivity contribution in [3.05, 3.63) is 29.3 Å². The maximum absolute atomic E-state index is 11.6. The third-order valence-corrected chi connectivity index (χ3v) is 3.24. The minimum atomic E-state index is -0.141. The van der Waals surface area contributed by atoms with E-state index in [9.17, 15) is 9.59 Å². The van der Waals surface area contributed by atoms with E-state index in [1.807, 2.05) is 0 Å². The van der Waals surface area contributed by atoms with Gasteiger partial charge in [0.2, 0.25) is 11.8 Å². The quantitative estimate of drug-likeness (QED) is 0.656. The summed E-state index contributed by atoms with van der Waals surface area (Å²) in [6.07, 6.45) is 0.578. The zero-order valence-corrected chi connectivity index (χ0v) is 11.3. The Morgan fingerprint density at radius 3 is 2.53 bits per heavy atom. The first-order chi connectivity index (χ1) is 9.02. The Balaban J connectivity index is 2.26. The van der Waals surface area contributed by atoms with Crippen LogP contribution in [-0.4, -0.2) is 28.8 Å². The third-order valence-electron chi connectivity index (χ3n) is 3.02.